The second-order valence-corrected chi connectivity index (χ2v) is 3.22. The van der Waals surface area contributed by atoms with E-state index in [1.54, 1.807) is 12.5 Å². The Hall–Kier alpha value is -1.36. The number of hydrogen-bond donors (Lipinski definition) is 1. The topological polar surface area (TPSA) is 70.1 Å². The van der Waals surface area contributed by atoms with Gasteiger partial charge >= 0.3 is 0 Å². The maximum atomic E-state index is 10.7. The fourth-order valence-electron chi connectivity index (χ4n) is 1.28. The van der Waals surface area contributed by atoms with Crippen LogP contribution in [0.1, 0.15) is 10.5 Å². The predicted octanol–water partition coefficient (Wildman–Crippen LogP) is -0.372. The number of amides is 1. The molecular weight excluding hydrogens is 170 g/mol. The number of nitrogens with zero attached hydrogens (tertiary/aromatic N) is 2. The minimum absolute atomic E-state index is 0.320. The second-order valence-electron chi connectivity index (χ2n) is 3.22. The summed E-state index contributed by atoms with van der Waals surface area (Å²) < 4.78 is 6.90. The molecule has 5 heteroatoms. The molecular formula is C8H11N3O2. The summed E-state index contributed by atoms with van der Waals surface area (Å²) in [4.78, 5) is 14.6. The Bertz CT molecular complexity index is 317. The zero-order chi connectivity index (χ0) is 9.26. The molecule has 1 aromatic heterocycles. The van der Waals surface area contributed by atoms with Crippen molar-refractivity contribution >= 4 is 5.91 Å². The second kappa shape index (κ2) is 3.18. The van der Waals surface area contributed by atoms with Gasteiger partial charge in [-0.1, -0.05) is 0 Å². The maximum absolute atomic E-state index is 10.7. The van der Waals surface area contributed by atoms with Gasteiger partial charge in [0, 0.05) is 18.7 Å². The van der Waals surface area contributed by atoms with Gasteiger partial charge in [0.25, 0.3) is 5.91 Å². The molecule has 5 nitrogen and oxygen atoms in total. The SMILES string of the molecule is NC(=O)c1cn(CC2COC2)cn1. The molecule has 0 radical (unpaired) electrons. The van der Waals surface area contributed by atoms with E-state index in [4.69, 9.17) is 10.5 Å². The first-order chi connectivity index (χ1) is 6.25. The first-order valence-corrected chi connectivity index (χ1v) is 4.15. The summed E-state index contributed by atoms with van der Waals surface area (Å²) in [5.74, 6) is 0.0681. The Labute approximate surface area is 75.5 Å². The van der Waals surface area contributed by atoms with E-state index in [0.717, 1.165) is 19.8 Å². The van der Waals surface area contributed by atoms with E-state index in [2.05, 4.69) is 4.98 Å². The number of nitrogens with two attached hydrogens (primary N) is 1. The lowest BCUT2D eigenvalue weighted by molar-refractivity contribution is -0.0394. The number of carbonyl (C=O) groups is 1. The summed E-state index contributed by atoms with van der Waals surface area (Å²) in [6, 6.07) is 0. The van der Waals surface area contributed by atoms with Gasteiger partial charge in [0.05, 0.1) is 19.5 Å². The molecule has 1 aliphatic rings. The first-order valence-electron chi connectivity index (χ1n) is 4.15. The summed E-state index contributed by atoms with van der Waals surface area (Å²) in [5.41, 5.74) is 5.38. The van der Waals surface area contributed by atoms with Gasteiger partial charge < -0.3 is 15.0 Å². The highest BCUT2D eigenvalue weighted by molar-refractivity contribution is 5.90. The van der Waals surface area contributed by atoms with Crippen LogP contribution in [-0.2, 0) is 11.3 Å². The average Bonchev–Trinajstić information content (AvgIpc) is 2.44. The van der Waals surface area contributed by atoms with Gasteiger partial charge in [-0.3, -0.25) is 4.79 Å². The van der Waals surface area contributed by atoms with Crippen molar-refractivity contribution in [3.8, 4) is 0 Å². The van der Waals surface area contributed by atoms with Gasteiger partial charge in [0.15, 0.2) is 0 Å². The van der Waals surface area contributed by atoms with Crippen LogP contribution in [-0.4, -0.2) is 28.7 Å². The Morgan fingerprint density at radius 1 is 1.77 bits per heavy atom. The van der Waals surface area contributed by atoms with Crippen LogP contribution in [0.2, 0.25) is 0 Å². The van der Waals surface area contributed by atoms with Crippen LogP contribution in [0, 0.1) is 5.92 Å². The Morgan fingerprint density at radius 2 is 2.54 bits per heavy atom. The molecule has 2 heterocycles. The molecule has 1 aliphatic heterocycles. The third-order valence-corrected chi connectivity index (χ3v) is 2.06. The summed E-state index contributed by atoms with van der Waals surface area (Å²) in [6.45, 7) is 2.44. The lowest BCUT2D eigenvalue weighted by Gasteiger charge is -2.25. The summed E-state index contributed by atoms with van der Waals surface area (Å²) >= 11 is 0. The van der Waals surface area contributed by atoms with E-state index in [1.165, 1.54) is 0 Å². The molecule has 0 aromatic carbocycles. The van der Waals surface area contributed by atoms with Gasteiger partial charge in [0.1, 0.15) is 5.69 Å². The van der Waals surface area contributed by atoms with Gasteiger partial charge in [0.2, 0.25) is 0 Å². The molecule has 0 atom stereocenters. The molecule has 0 spiro atoms. The molecule has 0 bridgehead atoms. The molecule has 13 heavy (non-hydrogen) atoms. The molecule has 2 N–H and O–H groups in total. The quantitative estimate of drug-likeness (QED) is 0.691. The molecule has 1 aromatic rings. The van der Waals surface area contributed by atoms with Gasteiger partial charge in [-0.05, 0) is 0 Å². The number of carbonyl (C=O) groups excluding carboxylic acids is 1. The number of rotatable bonds is 3. The third kappa shape index (κ3) is 1.70. The van der Waals surface area contributed by atoms with Gasteiger partial charge in [-0.15, -0.1) is 0 Å². The number of ether oxygens (including phenoxy) is 1. The Morgan fingerprint density at radius 3 is 3.00 bits per heavy atom. The van der Waals surface area contributed by atoms with Crippen molar-refractivity contribution in [2.24, 2.45) is 11.7 Å². The van der Waals surface area contributed by atoms with Crippen molar-refractivity contribution in [1.82, 2.24) is 9.55 Å². The predicted molar refractivity (Wildman–Crippen MR) is 45.1 cm³/mol. The first kappa shape index (κ1) is 8.25. The molecule has 70 valence electrons. The van der Waals surface area contributed by atoms with Crippen LogP contribution in [0.15, 0.2) is 12.5 Å². The molecule has 0 unspecified atom stereocenters. The lowest BCUT2D eigenvalue weighted by Crippen LogP contribution is -2.31. The Kier molecular flexibility index (Phi) is 2.02. The number of primary amides is 1. The van der Waals surface area contributed by atoms with Crippen molar-refractivity contribution in [2.75, 3.05) is 13.2 Å². The highest BCUT2D eigenvalue weighted by Crippen LogP contribution is 2.12. The number of aromatic nitrogens is 2. The Balaban J connectivity index is 2.00. The van der Waals surface area contributed by atoms with Crippen LogP contribution in [0.25, 0.3) is 0 Å². The van der Waals surface area contributed by atoms with E-state index in [-0.39, 0.29) is 0 Å². The molecule has 1 fully saturated rings. The molecule has 1 saturated heterocycles. The van der Waals surface area contributed by atoms with Crippen LogP contribution in [0.5, 0.6) is 0 Å². The summed E-state index contributed by atoms with van der Waals surface area (Å²) in [6.07, 6.45) is 3.29. The summed E-state index contributed by atoms with van der Waals surface area (Å²) in [5, 5.41) is 0. The van der Waals surface area contributed by atoms with Crippen molar-refractivity contribution in [1.29, 1.82) is 0 Å². The zero-order valence-corrected chi connectivity index (χ0v) is 7.14. The highest BCUT2D eigenvalue weighted by atomic mass is 16.5. The van der Waals surface area contributed by atoms with Crippen molar-refractivity contribution in [2.45, 2.75) is 6.54 Å². The number of hydrogen-bond acceptors (Lipinski definition) is 3. The van der Waals surface area contributed by atoms with Crippen molar-refractivity contribution < 1.29 is 9.53 Å². The lowest BCUT2D eigenvalue weighted by atomic mass is 10.1. The molecule has 1 amide bonds. The van der Waals surface area contributed by atoms with E-state index in [1.807, 2.05) is 4.57 Å². The standard InChI is InChI=1S/C8H11N3O2/c9-8(12)7-2-11(5-10-7)1-6-3-13-4-6/h2,5-6H,1,3-4H2,(H2,9,12). The van der Waals surface area contributed by atoms with Gasteiger partial charge in [-0.25, -0.2) is 4.98 Å². The van der Waals surface area contributed by atoms with E-state index < -0.39 is 5.91 Å². The summed E-state index contributed by atoms with van der Waals surface area (Å²) in [7, 11) is 0. The number of imidazole rings is 1. The fraction of sp³-hybridized carbons (Fsp3) is 0.500. The highest BCUT2D eigenvalue weighted by Gasteiger charge is 2.18. The molecule has 2 rings (SSSR count). The van der Waals surface area contributed by atoms with Crippen LogP contribution in [0.3, 0.4) is 0 Å². The van der Waals surface area contributed by atoms with Crippen LogP contribution < -0.4 is 5.73 Å². The maximum Gasteiger partial charge on any atom is 0.268 e. The van der Waals surface area contributed by atoms with E-state index in [9.17, 15) is 4.79 Å². The normalized spacial score (nSPS) is 16.9. The third-order valence-electron chi connectivity index (χ3n) is 2.06. The zero-order valence-electron chi connectivity index (χ0n) is 7.14. The molecule has 0 saturated carbocycles. The van der Waals surface area contributed by atoms with Crippen LogP contribution >= 0.6 is 0 Å². The van der Waals surface area contributed by atoms with Crippen molar-refractivity contribution in [3.05, 3.63) is 18.2 Å². The van der Waals surface area contributed by atoms with Crippen LogP contribution in [0.4, 0.5) is 0 Å². The monoisotopic (exact) mass is 181 g/mol. The van der Waals surface area contributed by atoms with Gasteiger partial charge in [-0.2, -0.15) is 0 Å². The van der Waals surface area contributed by atoms with E-state index in [0.29, 0.717) is 11.6 Å². The fourth-order valence-corrected chi connectivity index (χ4v) is 1.28. The minimum atomic E-state index is -0.483. The van der Waals surface area contributed by atoms with E-state index >= 15 is 0 Å². The largest absolute Gasteiger partial charge is 0.381 e. The van der Waals surface area contributed by atoms with Crippen molar-refractivity contribution in [3.63, 3.8) is 0 Å². The average molecular weight is 181 g/mol. The smallest absolute Gasteiger partial charge is 0.268 e. The molecule has 0 aliphatic carbocycles. The minimum Gasteiger partial charge on any atom is -0.381 e.